The number of alkyl halides is 2. The van der Waals surface area contributed by atoms with E-state index in [1.165, 1.54) is 17.7 Å². The van der Waals surface area contributed by atoms with E-state index in [2.05, 4.69) is 10.1 Å². The highest BCUT2D eigenvalue weighted by Gasteiger charge is 2.10. The molecule has 0 saturated carbocycles. The lowest BCUT2D eigenvalue weighted by atomic mass is 10.1. The van der Waals surface area contributed by atoms with Gasteiger partial charge in [-0.15, -0.1) is 0 Å². The van der Waals surface area contributed by atoms with Gasteiger partial charge in [0.25, 0.3) is 0 Å². The molecule has 0 aliphatic heterocycles. The standard InChI is InChI=1S/C19H21F2NO2/c1-13-3-8-16(9-4-13)14(2)22-18(23)12-7-15-5-10-17(11-6-15)24-19(20)21/h3-6,8-11,14,19H,7,12H2,1-2H3,(H,22,23). The monoisotopic (exact) mass is 333 g/mol. The summed E-state index contributed by atoms with van der Waals surface area (Å²) in [7, 11) is 0. The summed E-state index contributed by atoms with van der Waals surface area (Å²) in [5, 5.41) is 2.96. The number of carbonyl (C=O) groups is 1. The van der Waals surface area contributed by atoms with E-state index >= 15 is 0 Å². The number of aryl methyl sites for hydroxylation is 2. The number of amides is 1. The molecule has 5 heteroatoms. The van der Waals surface area contributed by atoms with Gasteiger partial charge in [-0.05, 0) is 43.5 Å². The normalized spacial score (nSPS) is 12.0. The Labute approximate surface area is 140 Å². The van der Waals surface area contributed by atoms with Crippen LogP contribution >= 0.6 is 0 Å². The Morgan fingerprint density at radius 1 is 1.08 bits per heavy atom. The van der Waals surface area contributed by atoms with Gasteiger partial charge in [-0.3, -0.25) is 4.79 Å². The highest BCUT2D eigenvalue weighted by molar-refractivity contribution is 5.76. The molecule has 1 atom stereocenters. The number of carbonyl (C=O) groups excluding carboxylic acids is 1. The number of nitrogens with one attached hydrogen (secondary N) is 1. The van der Waals surface area contributed by atoms with Crippen LogP contribution in [0.15, 0.2) is 48.5 Å². The molecule has 1 N–H and O–H groups in total. The zero-order valence-electron chi connectivity index (χ0n) is 13.8. The third-order valence-electron chi connectivity index (χ3n) is 3.74. The molecule has 1 unspecified atom stereocenters. The molecular weight excluding hydrogens is 312 g/mol. The van der Waals surface area contributed by atoms with Crippen molar-refractivity contribution >= 4 is 5.91 Å². The molecule has 0 fully saturated rings. The van der Waals surface area contributed by atoms with E-state index in [-0.39, 0.29) is 17.7 Å². The van der Waals surface area contributed by atoms with Gasteiger partial charge in [0.05, 0.1) is 6.04 Å². The molecule has 0 heterocycles. The minimum Gasteiger partial charge on any atom is -0.435 e. The Morgan fingerprint density at radius 3 is 2.29 bits per heavy atom. The van der Waals surface area contributed by atoms with Crippen molar-refractivity contribution in [3.63, 3.8) is 0 Å². The van der Waals surface area contributed by atoms with Gasteiger partial charge in [-0.2, -0.15) is 8.78 Å². The number of hydrogen-bond acceptors (Lipinski definition) is 2. The first-order valence-electron chi connectivity index (χ1n) is 7.83. The third-order valence-corrected chi connectivity index (χ3v) is 3.74. The van der Waals surface area contributed by atoms with Crippen LogP contribution in [0, 0.1) is 6.92 Å². The number of hydrogen-bond donors (Lipinski definition) is 1. The molecule has 0 aliphatic rings. The number of halogens is 2. The zero-order chi connectivity index (χ0) is 17.5. The fourth-order valence-corrected chi connectivity index (χ4v) is 2.35. The molecule has 0 radical (unpaired) electrons. The van der Waals surface area contributed by atoms with Crippen LogP contribution in [-0.2, 0) is 11.2 Å². The third kappa shape index (κ3) is 5.65. The van der Waals surface area contributed by atoms with Gasteiger partial charge < -0.3 is 10.1 Å². The van der Waals surface area contributed by atoms with Crippen LogP contribution in [-0.4, -0.2) is 12.5 Å². The van der Waals surface area contributed by atoms with Gasteiger partial charge >= 0.3 is 6.61 Å². The molecular formula is C19H21F2NO2. The largest absolute Gasteiger partial charge is 0.435 e. The lowest BCUT2D eigenvalue weighted by molar-refractivity contribution is -0.121. The van der Waals surface area contributed by atoms with Crippen LogP contribution in [0.2, 0.25) is 0 Å². The minimum atomic E-state index is -2.83. The highest BCUT2D eigenvalue weighted by atomic mass is 19.3. The van der Waals surface area contributed by atoms with E-state index in [0.29, 0.717) is 12.8 Å². The van der Waals surface area contributed by atoms with Crippen molar-refractivity contribution in [3.8, 4) is 5.75 Å². The topological polar surface area (TPSA) is 38.3 Å². The van der Waals surface area contributed by atoms with E-state index in [1.54, 1.807) is 12.1 Å². The number of rotatable bonds is 7. The molecule has 2 aromatic carbocycles. The Kier molecular flexibility index (Phi) is 6.29. The van der Waals surface area contributed by atoms with Gasteiger partial charge in [0.15, 0.2) is 0 Å². The molecule has 0 aromatic heterocycles. The predicted molar refractivity (Wildman–Crippen MR) is 89.1 cm³/mol. The summed E-state index contributed by atoms with van der Waals surface area (Å²) in [6.07, 6.45) is 0.882. The fraction of sp³-hybridized carbons (Fsp3) is 0.316. The summed E-state index contributed by atoms with van der Waals surface area (Å²) in [5.41, 5.74) is 3.13. The van der Waals surface area contributed by atoms with Crippen molar-refractivity contribution in [3.05, 3.63) is 65.2 Å². The maximum Gasteiger partial charge on any atom is 0.387 e. The fourth-order valence-electron chi connectivity index (χ4n) is 2.35. The first kappa shape index (κ1) is 17.9. The molecule has 128 valence electrons. The van der Waals surface area contributed by atoms with Gasteiger partial charge in [0, 0.05) is 6.42 Å². The molecule has 24 heavy (non-hydrogen) atoms. The van der Waals surface area contributed by atoms with E-state index < -0.39 is 6.61 Å². The van der Waals surface area contributed by atoms with Crippen LogP contribution in [0.4, 0.5) is 8.78 Å². The zero-order valence-corrected chi connectivity index (χ0v) is 13.8. The average Bonchev–Trinajstić information content (AvgIpc) is 2.54. The summed E-state index contributed by atoms with van der Waals surface area (Å²) in [4.78, 5) is 12.0. The van der Waals surface area contributed by atoms with Crippen molar-refractivity contribution in [2.24, 2.45) is 0 Å². The molecule has 2 aromatic rings. The second kappa shape index (κ2) is 8.43. The summed E-state index contributed by atoms with van der Waals surface area (Å²) in [5.74, 6) is 0.0715. The Morgan fingerprint density at radius 2 is 1.71 bits per heavy atom. The summed E-state index contributed by atoms with van der Waals surface area (Å²) in [6.45, 7) is 1.13. The first-order chi connectivity index (χ1) is 11.4. The van der Waals surface area contributed by atoms with Gasteiger partial charge in [-0.25, -0.2) is 0 Å². The summed E-state index contributed by atoms with van der Waals surface area (Å²) < 4.78 is 28.5. The lowest BCUT2D eigenvalue weighted by Gasteiger charge is -2.14. The van der Waals surface area contributed by atoms with Crippen LogP contribution < -0.4 is 10.1 Å². The first-order valence-corrected chi connectivity index (χ1v) is 7.83. The smallest absolute Gasteiger partial charge is 0.387 e. The van der Waals surface area contributed by atoms with Crippen molar-refractivity contribution in [2.75, 3.05) is 0 Å². The molecule has 0 saturated heterocycles. The Bertz CT molecular complexity index is 654. The molecule has 0 aliphatic carbocycles. The maximum atomic E-state index is 12.1. The Balaban J connectivity index is 1.81. The number of benzene rings is 2. The average molecular weight is 333 g/mol. The van der Waals surface area contributed by atoms with Crippen LogP contribution in [0.25, 0.3) is 0 Å². The van der Waals surface area contributed by atoms with Gasteiger partial charge in [0.1, 0.15) is 5.75 Å². The molecule has 3 nitrogen and oxygen atoms in total. The van der Waals surface area contributed by atoms with E-state index in [4.69, 9.17) is 0 Å². The van der Waals surface area contributed by atoms with Crippen LogP contribution in [0.3, 0.4) is 0 Å². The Hall–Kier alpha value is -2.43. The quantitative estimate of drug-likeness (QED) is 0.815. The molecule has 1 amide bonds. The highest BCUT2D eigenvalue weighted by Crippen LogP contribution is 2.16. The second-order valence-corrected chi connectivity index (χ2v) is 5.72. The van der Waals surface area contributed by atoms with Crippen molar-refractivity contribution in [2.45, 2.75) is 39.3 Å². The van der Waals surface area contributed by atoms with Crippen molar-refractivity contribution in [1.29, 1.82) is 0 Å². The molecule has 0 bridgehead atoms. The van der Waals surface area contributed by atoms with Gasteiger partial charge in [-0.1, -0.05) is 42.0 Å². The van der Waals surface area contributed by atoms with Crippen LogP contribution in [0.1, 0.15) is 36.1 Å². The van der Waals surface area contributed by atoms with E-state index in [9.17, 15) is 13.6 Å². The van der Waals surface area contributed by atoms with Crippen molar-refractivity contribution in [1.82, 2.24) is 5.32 Å². The van der Waals surface area contributed by atoms with Gasteiger partial charge in [0.2, 0.25) is 5.91 Å². The molecule has 2 rings (SSSR count). The SMILES string of the molecule is Cc1ccc(C(C)NC(=O)CCc2ccc(OC(F)F)cc2)cc1. The van der Waals surface area contributed by atoms with Crippen LogP contribution in [0.5, 0.6) is 5.75 Å². The summed E-state index contributed by atoms with van der Waals surface area (Å²) in [6, 6.07) is 14.3. The minimum absolute atomic E-state index is 0.0454. The van der Waals surface area contributed by atoms with E-state index in [1.807, 2.05) is 38.1 Å². The second-order valence-electron chi connectivity index (χ2n) is 5.72. The number of ether oxygens (including phenoxy) is 1. The summed E-state index contributed by atoms with van der Waals surface area (Å²) >= 11 is 0. The molecule has 0 spiro atoms. The predicted octanol–water partition coefficient (Wildman–Crippen LogP) is 4.41. The van der Waals surface area contributed by atoms with Crippen molar-refractivity contribution < 1.29 is 18.3 Å². The van der Waals surface area contributed by atoms with E-state index in [0.717, 1.165) is 11.1 Å². The lowest BCUT2D eigenvalue weighted by Crippen LogP contribution is -2.26. The maximum absolute atomic E-state index is 12.1.